The van der Waals surface area contributed by atoms with Crippen LogP contribution in [-0.4, -0.2) is 74.3 Å². The average molecular weight is 592 g/mol. The molecule has 216 valence electrons. The maximum atomic E-state index is 13.2. The molecule has 3 heterocycles. The second-order valence-electron chi connectivity index (χ2n) is 9.55. The van der Waals surface area contributed by atoms with Crippen LogP contribution in [0.5, 0.6) is 0 Å². The van der Waals surface area contributed by atoms with Gasteiger partial charge in [-0.2, -0.15) is 4.31 Å². The van der Waals surface area contributed by atoms with E-state index in [2.05, 4.69) is 16.0 Å². The van der Waals surface area contributed by atoms with Gasteiger partial charge in [0.1, 0.15) is 5.00 Å². The zero-order chi connectivity index (χ0) is 29.0. The first-order valence-corrected chi connectivity index (χ1v) is 15.3. The zero-order valence-electron chi connectivity index (χ0n) is 22.6. The highest BCUT2D eigenvalue weighted by atomic mass is 32.2. The maximum Gasteiger partial charge on any atom is 0.410 e. The molecule has 0 bridgehead atoms. The summed E-state index contributed by atoms with van der Waals surface area (Å²) in [4.78, 5) is 52.7. The number of fused-ring (bicyclic) bond motifs is 1. The van der Waals surface area contributed by atoms with Crippen LogP contribution in [0.25, 0.3) is 0 Å². The number of carbonyl (C=O) groups excluding carboxylic acids is 4. The molecule has 1 saturated heterocycles. The summed E-state index contributed by atoms with van der Waals surface area (Å²) < 4.78 is 32.9. The van der Waals surface area contributed by atoms with Crippen molar-refractivity contribution in [3.63, 3.8) is 0 Å². The van der Waals surface area contributed by atoms with E-state index in [4.69, 9.17) is 4.74 Å². The van der Waals surface area contributed by atoms with Crippen molar-refractivity contribution in [3.05, 3.63) is 45.8 Å². The second-order valence-corrected chi connectivity index (χ2v) is 12.5. The molecule has 1 aromatic carbocycles. The lowest BCUT2D eigenvalue weighted by Crippen LogP contribution is -2.41. The number of amides is 5. The molecule has 3 N–H and O–H groups in total. The molecule has 0 spiro atoms. The van der Waals surface area contributed by atoms with Gasteiger partial charge in [0.2, 0.25) is 10.0 Å². The Kier molecular flexibility index (Phi) is 9.11. The third-order valence-electron chi connectivity index (χ3n) is 6.96. The zero-order valence-corrected chi connectivity index (χ0v) is 24.2. The van der Waals surface area contributed by atoms with Crippen LogP contribution < -0.4 is 16.0 Å². The number of thiophene rings is 1. The molecular weight excluding hydrogens is 558 g/mol. The van der Waals surface area contributed by atoms with Gasteiger partial charge < -0.3 is 20.3 Å². The summed E-state index contributed by atoms with van der Waals surface area (Å²) in [5.41, 5.74) is 0.987. The number of nitrogens with zero attached hydrogens (tertiary/aromatic N) is 2. The fourth-order valence-corrected chi connectivity index (χ4v) is 7.80. The van der Waals surface area contributed by atoms with Crippen molar-refractivity contribution >= 4 is 50.3 Å². The highest BCUT2D eigenvalue weighted by Crippen LogP contribution is 2.37. The summed E-state index contributed by atoms with van der Waals surface area (Å²) in [7, 11) is -2.32. The molecule has 12 nitrogen and oxygen atoms in total. The second kappa shape index (κ2) is 12.4. The van der Waals surface area contributed by atoms with Gasteiger partial charge in [0.05, 0.1) is 23.6 Å². The number of imide groups is 1. The summed E-state index contributed by atoms with van der Waals surface area (Å²) in [6, 6.07) is 4.87. The Balaban J connectivity index is 1.58. The van der Waals surface area contributed by atoms with E-state index in [0.717, 1.165) is 30.6 Å². The number of benzene rings is 1. The fourth-order valence-electron chi connectivity index (χ4n) is 4.85. The van der Waals surface area contributed by atoms with E-state index < -0.39 is 34.0 Å². The van der Waals surface area contributed by atoms with Crippen molar-refractivity contribution in [1.29, 1.82) is 0 Å². The van der Waals surface area contributed by atoms with Gasteiger partial charge in [0.25, 0.3) is 11.8 Å². The third-order valence-corrected chi connectivity index (χ3v) is 10.1. The van der Waals surface area contributed by atoms with Gasteiger partial charge in [-0.3, -0.25) is 14.9 Å². The van der Waals surface area contributed by atoms with E-state index in [0.29, 0.717) is 30.0 Å². The van der Waals surface area contributed by atoms with Gasteiger partial charge in [-0.25, -0.2) is 18.0 Å². The van der Waals surface area contributed by atoms with Crippen molar-refractivity contribution in [2.75, 3.05) is 32.1 Å². The van der Waals surface area contributed by atoms with Crippen LogP contribution in [0.4, 0.5) is 14.6 Å². The number of ether oxygens (including phenoxy) is 1. The van der Waals surface area contributed by atoms with Crippen molar-refractivity contribution in [3.8, 4) is 0 Å². The van der Waals surface area contributed by atoms with Crippen LogP contribution in [0.15, 0.2) is 29.2 Å². The molecule has 5 amide bonds. The summed E-state index contributed by atoms with van der Waals surface area (Å²) in [5, 5.41) is 7.53. The van der Waals surface area contributed by atoms with Gasteiger partial charge in [-0.05, 0) is 62.9 Å². The summed E-state index contributed by atoms with van der Waals surface area (Å²) >= 11 is 1.14. The third kappa shape index (κ3) is 6.13. The SMILES string of the molecule is CCOC(=O)N1CCc2c(sc(NC(=O)c3ccc(S(=O)(=O)N4CCCCC4C)cc3)c2C(=O)NC(=O)NC)C1. The largest absolute Gasteiger partial charge is 0.450 e. The molecule has 40 heavy (non-hydrogen) atoms. The molecule has 14 heteroatoms. The average Bonchev–Trinajstić information content (AvgIpc) is 3.30. The highest BCUT2D eigenvalue weighted by molar-refractivity contribution is 7.89. The highest BCUT2D eigenvalue weighted by Gasteiger charge is 2.33. The Labute approximate surface area is 237 Å². The number of rotatable bonds is 6. The smallest absolute Gasteiger partial charge is 0.410 e. The number of hydrogen-bond acceptors (Lipinski definition) is 8. The number of carbonyl (C=O) groups is 4. The van der Waals surface area contributed by atoms with Gasteiger partial charge in [-0.15, -0.1) is 11.3 Å². The molecule has 2 aliphatic heterocycles. The monoisotopic (exact) mass is 591 g/mol. The molecular formula is C26H33N5O7S2. The van der Waals surface area contributed by atoms with Gasteiger partial charge in [0.15, 0.2) is 0 Å². The Bertz CT molecular complexity index is 1410. The first kappa shape index (κ1) is 29.5. The van der Waals surface area contributed by atoms with Crippen LogP contribution in [0.2, 0.25) is 0 Å². The molecule has 0 saturated carbocycles. The number of sulfonamides is 1. The molecule has 0 aliphatic carbocycles. The summed E-state index contributed by atoms with van der Waals surface area (Å²) in [6.07, 6.45) is 2.46. The van der Waals surface area contributed by atoms with Gasteiger partial charge >= 0.3 is 12.1 Å². The maximum absolute atomic E-state index is 13.2. The molecule has 2 aromatic rings. The van der Waals surface area contributed by atoms with Crippen molar-refractivity contribution < 1.29 is 32.3 Å². The topological polar surface area (TPSA) is 154 Å². The van der Waals surface area contributed by atoms with Crippen molar-refractivity contribution in [2.45, 2.75) is 57.0 Å². The van der Waals surface area contributed by atoms with Crippen molar-refractivity contribution in [2.24, 2.45) is 0 Å². The molecule has 4 rings (SSSR count). The fraction of sp³-hybridized carbons (Fsp3) is 0.462. The Hall–Kier alpha value is -3.49. The summed E-state index contributed by atoms with van der Waals surface area (Å²) in [6.45, 7) is 4.79. The lowest BCUT2D eigenvalue weighted by Gasteiger charge is -2.32. The molecule has 1 aromatic heterocycles. The molecule has 1 fully saturated rings. The van der Waals surface area contributed by atoms with E-state index in [1.165, 1.54) is 40.5 Å². The molecule has 1 unspecified atom stereocenters. The first-order chi connectivity index (χ1) is 19.1. The van der Waals surface area contributed by atoms with Crippen LogP contribution >= 0.6 is 11.3 Å². The lowest BCUT2D eigenvalue weighted by atomic mass is 10.0. The number of hydrogen-bond donors (Lipinski definition) is 3. The normalized spacial score (nSPS) is 17.5. The lowest BCUT2D eigenvalue weighted by molar-refractivity contribution is 0.0963. The van der Waals surface area contributed by atoms with Gasteiger partial charge in [0, 0.05) is 36.6 Å². The quantitative estimate of drug-likeness (QED) is 0.466. The van der Waals surface area contributed by atoms with Gasteiger partial charge in [-0.1, -0.05) is 6.42 Å². The Morgan fingerprint density at radius 3 is 2.45 bits per heavy atom. The molecule has 1 atom stereocenters. The minimum absolute atomic E-state index is 0.0919. The molecule has 2 aliphatic rings. The standard InChI is InChI=1S/C26H33N5O7S2/c1-4-38-26(35)30-14-12-19-20(15-30)39-24(21(19)23(33)29-25(34)27-3)28-22(32)17-8-10-18(11-9-17)40(36,37)31-13-6-5-7-16(31)2/h8-11,16H,4-7,12-15H2,1-3H3,(H,28,32)(H2,27,29,33,34). The van der Waals surface area contributed by atoms with Crippen molar-refractivity contribution in [1.82, 2.24) is 19.8 Å². The van der Waals surface area contributed by atoms with E-state index in [1.807, 2.05) is 6.92 Å². The van der Waals surface area contributed by atoms with E-state index in [1.54, 1.807) is 6.92 Å². The van der Waals surface area contributed by atoms with Crippen LogP contribution in [0, 0.1) is 0 Å². The van der Waals surface area contributed by atoms with Crippen LogP contribution in [-0.2, 0) is 27.7 Å². The Morgan fingerprint density at radius 2 is 1.80 bits per heavy atom. The summed E-state index contributed by atoms with van der Waals surface area (Å²) in [5.74, 6) is -1.24. The number of urea groups is 1. The van der Waals surface area contributed by atoms with E-state index in [9.17, 15) is 27.6 Å². The van der Waals surface area contributed by atoms with E-state index >= 15 is 0 Å². The Morgan fingerprint density at radius 1 is 1.07 bits per heavy atom. The minimum atomic E-state index is -3.69. The number of piperidine rings is 1. The first-order valence-electron chi connectivity index (χ1n) is 13.1. The van der Waals surface area contributed by atoms with Crippen LogP contribution in [0.3, 0.4) is 0 Å². The molecule has 0 radical (unpaired) electrons. The van der Waals surface area contributed by atoms with Crippen LogP contribution in [0.1, 0.15) is 64.3 Å². The predicted octanol–water partition coefficient (Wildman–Crippen LogP) is 3.15. The predicted molar refractivity (Wildman–Crippen MR) is 149 cm³/mol. The minimum Gasteiger partial charge on any atom is -0.450 e. The number of nitrogens with one attached hydrogen (secondary N) is 3. The van der Waals surface area contributed by atoms with E-state index in [-0.39, 0.29) is 40.2 Å². The number of anilines is 1.